The molecule has 0 saturated heterocycles. The van der Waals surface area contributed by atoms with E-state index >= 15 is 0 Å². The summed E-state index contributed by atoms with van der Waals surface area (Å²) in [6.07, 6.45) is 5.21. The van der Waals surface area contributed by atoms with Gasteiger partial charge in [-0.25, -0.2) is 0 Å². The summed E-state index contributed by atoms with van der Waals surface area (Å²) in [6.45, 7) is 12.7. The minimum Gasteiger partial charge on any atom is -0.343 e. The van der Waals surface area contributed by atoms with E-state index in [1.807, 2.05) is 4.90 Å². The number of hydrogen-bond acceptors (Lipinski definition) is 1. The van der Waals surface area contributed by atoms with Crippen LogP contribution in [0, 0.1) is 5.41 Å². The van der Waals surface area contributed by atoms with Crippen LogP contribution in [0.5, 0.6) is 0 Å². The van der Waals surface area contributed by atoms with Crippen LogP contribution in [0.2, 0.25) is 0 Å². The third-order valence-corrected chi connectivity index (χ3v) is 2.86. The van der Waals surface area contributed by atoms with Crippen LogP contribution in [0.15, 0.2) is 0 Å². The highest BCUT2D eigenvalue weighted by Crippen LogP contribution is 2.19. The summed E-state index contributed by atoms with van der Waals surface area (Å²) in [4.78, 5) is 13.9. The first kappa shape index (κ1) is 15.5. The first-order chi connectivity index (χ1) is 7.40. The van der Waals surface area contributed by atoms with Gasteiger partial charge >= 0.3 is 0 Å². The first-order valence-electron chi connectivity index (χ1n) is 6.68. The number of carbonyl (C=O) groups is 1. The summed E-state index contributed by atoms with van der Waals surface area (Å²) in [5.41, 5.74) is 0.317. The second-order valence-corrected chi connectivity index (χ2v) is 5.74. The van der Waals surface area contributed by atoms with Crippen molar-refractivity contribution >= 4 is 5.91 Å². The lowest BCUT2D eigenvalue weighted by atomic mass is 9.92. The van der Waals surface area contributed by atoms with Gasteiger partial charge in [0.25, 0.3) is 0 Å². The van der Waals surface area contributed by atoms with Crippen molar-refractivity contribution < 1.29 is 4.79 Å². The molecule has 0 aliphatic carbocycles. The van der Waals surface area contributed by atoms with Gasteiger partial charge in [-0.15, -0.1) is 0 Å². The average molecular weight is 227 g/mol. The second kappa shape index (κ2) is 7.70. The molecule has 0 aromatic heterocycles. The predicted octanol–water partition coefficient (Wildman–Crippen LogP) is 3.85. The Balaban J connectivity index is 3.92. The molecular weight excluding hydrogens is 198 g/mol. The van der Waals surface area contributed by atoms with Crippen LogP contribution in [0.4, 0.5) is 0 Å². The fourth-order valence-corrected chi connectivity index (χ4v) is 1.61. The minimum absolute atomic E-state index is 0.317. The van der Waals surface area contributed by atoms with Crippen LogP contribution >= 0.6 is 0 Å². The minimum atomic E-state index is 0.317. The second-order valence-electron chi connectivity index (χ2n) is 5.74. The first-order valence-corrected chi connectivity index (χ1v) is 6.68. The van der Waals surface area contributed by atoms with Gasteiger partial charge in [-0.3, -0.25) is 4.79 Å². The molecule has 0 bridgehead atoms. The smallest absolute Gasteiger partial charge is 0.222 e. The molecule has 0 fully saturated rings. The normalized spacial score (nSPS) is 11.6. The van der Waals surface area contributed by atoms with Crippen molar-refractivity contribution in [2.75, 3.05) is 13.1 Å². The van der Waals surface area contributed by atoms with Gasteiger partial charge in [0.05, 0.1) is 0 Å². The van der Waals surface area contributed by atoms with Crippen molar-refractivity contribution in [2.24, 2.45) is 5.41 Å². The lowest BCUT2D eigenvalue weighted by Crippen LogP contribution is -2.33. The Kier molecular flexibility index (Phi) is 7.44. The van der Waals surface area contributed by atoms with Gasteiger partial charge in [0.1, 0.15) is 0 Å². The maximum atomic E-state index is 11.9. The third kappa shape index (κ3) is 7.72. The number of hydrogen-bond donors (Lipinski definition) is 0. The van der Waals surface area contributed by atoms with E-state index in [1.165, 1.54) is 12.8 Å². The van der Waals surface area contributed by atoms with Gasteiger partial charge in [-0.05, 0) is 25.2 Å². The quantitative estimate of drug-likeness (QED) is 0.605. The highest BCUT2D eigenvalue weighted by molar-refractivity contribution is 5.76. The molecule has 2 nitrogen and oxygen atoms in total. The van der Waals surface area contributed by atoms with E-state index in [0.29, 0.717) is 11.3 Å². The van der Waals surface area contributed by atoms with Crippen molar-refractivity contribution in [3.8, 4) is 0 Å². The molecule has 0 saturated carbocycles. The van der Waals surface area contributed by atoms with Crippen LogP contribution in [0.1, 0.15) is 66.7 Å². The molecule has 0 atom stereocenters. The highest BCUT2D eigenvalue weighted by atomic mass is 16.2. The van der Waals surface area contributed by atoms with Crippen LogP contribution in [0.25, 0.3) is 0 Å². The highest BCUT2D eigenvalue weighted by Gasteiger charge is 2.15. The number of unbranched alkanes of at least 4 members (excludes halogenated alkanes) is 2. The summed E-state index contributed by atoms with van der Waals surface area (Å²) < 4.78 is 0. The van der Waals surface area contributed by atoms with Gasteiger partial charge in [-0.2, -0.15) is 0 Å². The number of carbonyl (C=O) groups excluding carboxylic acids is 1. The predicted molar refractivity (Wildman–Crippen MR) is 70.5 cm³/mol. The molecule has 16 heavy (non-hydrogen) atoms. The zero-order chi connectivity index (χ0) is 12.6. The Hall–Kier alpha value is -0.530. The largest absolute Gasteiger partial charge is 0.343 e. The van der Waals surface area contributed by atoms with Crippen LogP contribution in [0.3, 0.4) is 0 Å². The van der Waals surface area contributed by atoms with Crippen molar-refractivity contribution in [3.63, 3.8) is 0 Å². The van der Waals surface area contributed by atoms with E-state index in [-0.39, 0.29) is 0 Å². The van der Waals surface area contributed by atoms with Crippen LogP contribution < -0.4 is 0 Å². The summed E-state index contributed by atoms with van der Waals surface area (Å²) in [7, 11) is 0. The molecule has 0 aliphatic rings. The summed E-state index contributed by atoms with van der Waals surface area (Å²) in [5, 5.41) is 0. The zero-order valence-corrected chi connectivity index (χ0v) is 11.8. The van der Waals surface area contributed by atoms with Gasteiger partial charge in [-0.1, -0.05) is 40.5 Å². The van der Waals surface area contributed by atoms with E-state index in [0.717, 1.165) is 32.4 Å². The van der Waals surface area contributed by atoms with E-state index in [1.54, 1.807) is 0 Å². The van der Waals surface area contributed by atoms with E-state index in [2.05, 4.69) is 34.6 Å². The Labute approximate surface area is 101 Å². The molecular formula is C14H29NO. The molecule has 96 valence electrons. The van der Waals surface area contributed by atoms with E-state index in [4.69, 9.17) is 0 Å². The SMILES string of the molecule is CCCCCC(=O)N(CC)CCC(C)(C)C. The van der Waals surface area contributed by atoms with Crippen molar-refractivity contribution in [3.05, 3.63) is 0 Å². The zero-order valence-electron chi connectivity index (χ0n) is 11.8. The van der Waals surface area contributed by atoms with E-state index in [9.17, 15) is 4.79 Å². The number of amides is 1. The van der Waals surface area contributed by atoms with Crippen LogP contribution in [-0.2, 0) is 4.79 Å². The Bertz CT molecular complexity index is 193. The monoisotopic (exact) mass is 227 g/mol. The maximum absolute atomic E-state index is 11.9. The van der Waals surface area contributed by atoms with Gasteiger partial charge in [0, 0.05) is 19.5 Å². The topological polar surface area (TPSA) is 20.3 Å². The molecule has 0 N–H and O–H groups in total. The number of rotatable bonds is 7. The molecule has 0 rings (SSSR count). The molecule has 2 heteroatoms. The van der Waals surface area contributed by atoms with Gasteiger partial charge in [0.15, 0.2) is 0 Å². The number of nitrogens with zero attached hydrogens (tertiary/aromatic N) is 1. The molecule has 0 aromatic rings. The van der Waals surface area contributed by atoms with Gasteiger partial charge in [0.2, 0.25) is 5.91 Å². The summed E-state index contributed by atoms with van der Waals surface area (Å²) >= 11 is 0. The Morgan fingerprint density at radius 3 is 2.19 bits per heavy atom. The summed E-state index contributed by atoms with van der Waals surface area (Å²) in [6, 6.07) is 0. The van der Waals surface area contributed by atoms with Crippen molar-refractivity contribution in [1.82, 2.24) is 4.90 Å². The Morgan fingerprint density at radius 1 is 1.12 bits per heavy atom. The van der Waals surface area contributed by atoms with Crippen molar-refractivity contribution in [2.45, 2.75) is 66.7 Å². The van der Waals surface area contributed by atoms with Crippen LogP contribution in [-0.4, -0.2) is 23.9 Å². The third-order valence-electron chi connectivity index (χ3n) is 2.86. The summed E-state index contributed by atoms with van der Waals surface area (Å²) in [5.74, 6) is 0.334. The molecule has 0 aliphatic heterocycles. The molecule has 0 heterocycles. The fraction of sp³-hybridized carbons (Fsp3) is 0.929. The maximum Gasteiger partial charge on any atom is 0.222 e. The molecule has 0 radical (unpaired) electrons. The van der Waals surface area contributed by atoms with Crippen molar-refractivity contribution in [1.29, 1.82) is 0 Å². The lowest BCUT2D eigenvalue weighted by Gasteiger charge is -2.26. The molecule has 0 spiro atoms. The van der Waals surface area contributed by atoms with E-state index < -0.39 is 0 Å². The fourth-order valence-electron chi connectivity index (χ4n) is 1.61. The standard InChI is InChI=1S/C14H29NO/c1-6-8-9-10-13(16)15(7-2)12-11-14(3,4)5/h6-12H2,1-5H3. The average Bonchev–Trinajstić information content (AvgIpc) is 2.17. The molecule has 1 amide bonds. The molecule has 0 aromatic carbocycles. The lowest BCUT2D eigenvalue weighted by molar-refractivity contribution is -0.131. The Morgan fingerprint density at radius 2 is 1.75 bits per heavy atom. The van der Waals surface area contributed by atoms with Gasteiger partial charge < -0.3 is 4.90 Å². The molecule has 0 unspecified atom stereocenters.